The fourth-order valence-electron chi connectivity index (χ4n) is 7.13. The fraction of sp³-hybridized carbons (Fsp3) is 0.311. The molecular weight excluding hydrogens is 727 g/mol. The Bertz CT molecular complexity index is 2150. The predicted molar refractivity (Wildman–Crippen MR) is 234 cm³/mol. The minimum absolute atomic E-state index is 0.690. The van der Waals surface area contributed by atoms with Crippen molar-refractivity contribution < 1.29 is 8.70 Å². The van der Waals surface area contributed by atoms with Crippen LogP contribution < -0.4 is 14.8 Å². The van der Waals surface area contributed by atoms with E-state index in [0.717, 1.165) is 99.9 Å². The molecule has 54 heavy (non-hydrogen) atoms. The van der Waals surface area contributed by atoms with E-state index < -0.39 is 10.3 Å². The van der Waals surface area contributed by atoms with Gasteiger partial charge in [-0.05, 0) is 90.4 Å². The molecule has 0 N–H and O–H groups in total. The number of nitrogens with zero attached hydrogens (tertiary/aromatic N) is 3. The summed E-state index contributed by atoms with van der Waals surface area (Å²) in [5.41, 5.74) is 5.17. The number of benzene rings is 5. The quantitative estimate of drug-likeness (QED) is 0.0204. The van der Waals surface area contributed by atoms with E-state index in [1.807, 2.05) is 29.6 Å². The first-order valence-corrected chi connectivity index (χ1v) is 23.0. The molecule has 0 radical (unpaired) electrons. The molecule has 0 aromatic heterocycles. The molecule has 0 amide bonds. The van der Waals surface area contributed by atoms with Gasteiger partial charge in [0, 0.05) is 85.8 Å². The van der Waals surface area contributed by atoms with E-state index in [-0.39, 0.29) is 0 Å². The Morgan fingerprint density at radius 3 is 2.06 bits per heavy atom. The van der Waals surface area contributed by atoms with Crippen LogP contribution in [0.4, 0.5) is 5.69 Å². The van der Waals surface area contributed by atoms with Gasteiger partial charge in [-0.3, -0.25) is 0 Å². The van der Waals surface area contributed by atoms with Crippen LogP contribution in [0.1, 0.15) is 40.5 Å². The molecule has 2 aliphatic rings. The summed E-state index contributed by atoms with van der Waals surface area (Å²) < 4.78 is 15.1. The van der Waals surface area contributed by atoms with Gasteiger partial charge in [0.25, 0.3) is 0 Å². The van der Waals surface area contributed by atoms with Gasteiger partial charge >= 0.3 is 0 Å². The molecule has 0 atom stereocenters. The molecular formula is C45H52N3O3S3+. The zero-order valence-corrected chi connectivity index (χ0v) is 34.4. The zero-order valence-electron chi connectivity index (χ0n) is 31.9. The minimum atomic E-state index is -1.96. The molecule has 6 rings (SSSR count). The lowest BCUT2D eigenvalue weighted by Crippen LogP contribution is -2.31. The van der Waals surface area contributed by atoms with Gasteiger partial charge in [0.15, 0.2) is 5.34 Å². The summed E-state index contributed by atoms with van der Waals surface area (Å²) in [4.78, 5) is 17.8. The standard InChI is InChI=1S/C45H52N3O3S3/c1-5-47(29-17-31-52-37-19-11-9-12-20-37)35-25-27-39-42(33-35)50-43-34-36(48(6-2)30-18-32-53-38-21-13-10-14-22-38)26-28-40(43)45(39)41-23-15-16-24-44(41)54(7-3,8-4)51-46-49/h9-16,19-28,33-34H,5-8,17-18,29-32H2,1-4H3/q+1. The lowest BCUT2D eigenvalue weighted by molar-refractivity contribution is 0.377. The van der Waals surface area contributed by atoms with E-state index in [0.29, 0.717) is 11.5 Å². The average molecular weight is 779 g/mol. The van der Waals surface area contributed by atoms with Crippen molar-refractivity contribution >= 4 is 50.5 Å². The number of thioether (sulfide) groups is 2. The third kappa shape index (κ3) is 9.19. The lowest BCUT2D eigenvalue weighted by atomic mass is 9.93. The summed E-state index contributed by atoms with van der Waals surface area (Å²) in [5, 5.41) is 5.20. The molecule has 6 nitrogen and oxygen atoms in total. The van der Waals surface area contributed by atoms with Crippen LogP contribution in [0.15, 0.2) is 146 Å². The molecule has 0 spiro atoms. The van der Waals surface area contributed by atoms with E-state index >= 15 is 0 Å². The number of hydrogen-bond donors (Lipinski definition) is 0. The lowest BCUT2D eigenvalue weighted by Gasteiger charge is -2.35. The second kappa shape index (κ2) is 19.4. The van der Waals surface area contributed by atoms with Gasteiger partial charge in [-0.1, -0.05) is 68.4 Å². The first-order chi connectivity index (χ1) is 26.5. The monoisotopic (exact) mass is 778 g/mol. The number of rotatable bonds is 19. The fourth-order valence-corrected chi connectivity index (χ4v) is 11.2. The molecule has 0 bridgehead atoms. The average Bonchev–Trinajstić information content (AvgIpc) is 3.22. The summed E-state index contributed by atoms with van der Waals surface area (Å²) in [6.07, 6.45) is 2.14. The topological polar surface area (TPSA) is 58.0 Å². The Morgan fingerprint density at radius 1 is 0.741 bits per heavy atom. The van der Waals surface area contributed by atoms with Crippen molar-refractivity contribution in [2.24, 2.45) is 5.34 Å². The van der Waals surface area contributed by atoms with Crippen molar-refractivity contribution in [1.82, 2.24) is 4.58 Å². The summed E-state index contributed by atoms with van der Waals surface area (Å²) in [7, 11) is -1.96. The molecule has 0 saturated carbocycles. The van der Waals surface area contributed by atoms with Gasteiger partial charge < -0.3 is 13.6 Å². The Morgan fingerprint density at radius 2 is 1.41 bits per heavy atom. The van der Waals surface area contributed by atoms with Crippen molar-refractivity contribution in [3.63, 3.8) is 0 Å². The molecule has 4 aromatic rings. The first-order valence-electron chi connectivity index (χ1n) is 19.1. The van der Waals surface area contributed by atoms with Crippen LogP contribution in [0.2, 0.25) is 0 Å². The van der Waals surface area contributed by atoms with Crippen LogP contribution >= 0.6 is 33.8 Å². The maximum absolute atomic E-state index is 11.7. The van der Waals surface area contributed by atoms with Gasteiger partial charge in [0.2, 0.25) is 5.36 Å². The minimum Gasteiger partial charge on any atom is -0.456 e. The van der Waals surface area contributed by atoms with E-state index in [9.17, 15) is 4.91 Å². The first kappa shape index (κ1) is 39.5. The Balaban J connectivity index is 1.42. The van der Waals surface area contributed by atoms with Gasteiger partial charge in [-0.25, -0.2) is 4.58 Å². The van der Waals surface area contributed by atoms with Crippen molar-refractivity contribution in [1.29, 1.82) is 0 Å². The van der Waals surface area contributed by atoms with Crippen molar-refractivity contribution in [2.45, 2.75) is 55.2 Å². The molecule has 1 aliphatic heterocycles. The van der Waals surface area contributed by atoms with Crippen LogP contribution in [0.25, 0.3) is 33.4 Å². The van der Waals surface area contributed by atoms with Crippen LogP contribution in [0.5, 0.6) is 0 Å². The van der Waals surface area contributed by atoms with E-state index in [1.54, 1.807) is 0 Å². The van der Waals surface area contributed by atoms with Crippen molar-refractivity contribution in [3.8, 4) is 22.5 Å². The van der Waals surface area contributed by atoms with E-state index in [2.05, 4.69) is 158 Å². The second-order valence-electron chi connectivity index (χ2n) is 13.1. The van der Waals surface area contributed by atoms with Gasteiger partial charge in [-0.2, -0.15) is 0 Å². The number of fused-ring (bicyclic) bond motifs is 2. The van der Waals surface area contributed by atoms with Gasteiger partial charge in [0.05, 0.1) is 6.07 Å². The van der Waals surface area contributed by atoms with Crippen LogP contribution in [0, 0.1) is 4.91 Å². The van der Waals surface area contributed by atoms with Crippen molar-refractivity contribution in [3.05, 3.63) is 132 Å². The summed E-state index contributed by atoms with van der Waals surface area (Å²) in [6.45, 7) is 12.3. The highest BCUT2D eigenvalue weighted by atomic mass is 32.3. The molecule has 0 unspecified atom stereocenters. The maximum atomic E-state index is 11.7. The van der Waals surface area contributed by atoms with E-state index in [4.69, 9.17) is 8.70 Å². The molecule has 1 aliphatic carbocycles. The number of hydrogen-bond acceptors (Lipinski definition) is 7. The molecule has 0 saturated heterocycles. The molecule has 0 fully saturated rings. The third-order valence-electron chi connectivity index (χ3n) is 10.0. The van der Waals surface area contributed by atoms with Crippen LogP contribution in [-0.4, -0.2) is 49.2 Å². The maximum Gasteiger partial charge on any atom is 0.203 e. The highest BCUT2D eigenvalue weighted by Gasteiger charge is 2.31. The molecule has 9 heteroatoms. The van der Waals surface area contributed by atoms with Crippen LogP contribution in [0.3, 0.4) is 0 Å². The Hall–Kier alpha value is -4.18. The normalized spacial score (nSPS) is 12.5. The summed E-state index contributed by atoms with van der Waals surface area (Å²) in [5.74, 6) is 4.33. The van der Waals surface area contributed by atoms with Crippen LogP contribution in [-0.2, 0) is 4.28 Å². The molecule has 282 valence electrons. The Kier molecular flexibility index (Phi) is 14.2. The summed E-state index contributed by atoms with van der Waals surface area (Å²) in [6, 6.07) is 43.0. The van der Waals surface area contributed by atoms with Crippen molar-refractivity contribution in [2.75, 3.05) is 54.1 Å². The molecule has 1 heterocycles. The third-order valence-corrected chi connectivity index (χ3v) is 15.6. The predicted octanol–water partition coefficient (Wildman–Crippen LogP) is 12.0. The van der Waals surface area contributed by atoms with Gasteiger partial charge in [-0.15, -0.1) is 28.4 Å². The smallest absolute Gasteiger partial charge is 0.203 e. The zero-order chi connectivity index (χ0) is 37.8. The highest BCUT2D eigenvalue weighted by molar-refractivity contribution is 8.29. The van der Waals surface area contributed by atoms with E-state index in [1.165, 1.54) is 9.79 Å². The largest absolute Gasteiger partial charge is 0.456 e. The SMILES string of the molecule is CCN(CCCSc1ccccc1)c1ccc2c(-c3ccccc3S(CC)(CC)ON=O)c3ccc(=[N+](CC)CCCSc4ccccc4)cc-3oc2c1. The summed E-state index contributed by atoms with van der Waals surface area (Å²) >= 11 is 3.81. The molecule has 4 aromatic carbocycles. The second-order valence-corrected chi connectivity index (χ2v) is 18.8. The Labute approximate surface area is 330 Å². The number of anilines is 1. The highest BCUT2D eigenvalue weighted by Crippen LogP contribution is 2.60. The van der Waals surface area contributed by atoms with Gasteiger partial charge in [0.1, 0.15) is 24.4 Å².